The van der Waals surface area contributed by atoms with Crippen LogP contribution in [0.1, 0.15) is 36.0 Å². The molecule has 1 fully saturated rings. The fraction of sp³-hybridized carbons (Fsp3) is 0.385. The van der Waals surface area contributed by atoms with Gasteiger partial charge in [-0.2, -0.15) is 18.2 Å². The minimum atomic E-state index is -4.73. The van der Waals surface area contributed by atoms with E-state index >= 15 is 0 Å². The van der Waals surface area contributed by atoms with E-state index in [9.17, 15) is 17.6 Å². The topological polar surface area (TPSA) is 51.0 Å². The van der Waals surface area contributed by atoms with E-state index in [1.54, 1.807) is 0 Å². The maximum Gasteiger partial charge on any atom is 0.419 e. The van der Waals surface area contributed by atoms with Crippen LogP contribution in [0.4, 0.5) is 23.2 Å². The average molecular weight is 301 g/mol. The highest BCUT2D eigenvalue weighted by molar-refractivity contribution is 5.47. The Labute approximate surface area is 117 Å². The molecule has 0 unspecified atom stereocenters. The summed E-state index contributed by atoms with van der Waals surface area (Å²) < 4.78 is 55.9. The number of alkyl halides is 3. The Hall–Kier alpha value is -2.12. The van der Waals surface area contributed by atoms with Crippen molar-refractivity contribution < 1.29 is 22.1 Å². The monoisotopic (exact) mass is 301 g/mol. The molecule has 8 heteroatoms. The summed E-state index contributed by atoms with van der Waals surface area (Å²) in [5.41, 5.74) is -1.17. The normalized spacial score (nSPS) is 15.2. The van der Waals surface area contributed by atoms with Crippen molar-refractivity contribution in [2.75, 3.05) is 5.32 Å². The van der Waals surface area contributed by atoms with Crippen molar-refractivity contribution in [1.29, 1.82) is 0 Å². The second-order valence-corrected chi connectivity index (χ2v) is 4.87. The van der Waals surface area contributed by atoms with E-state index in [0.717, 1.165) is 18.9 Å². The molecule has 3 rings (SSSR count). The summed E-state index contributed by atoms with van der Waals surface area (Å²) >= 11 is 0. The second-order valence-electron chi connectivity index (χ2n) is 4.87. The van der Waals surface area contributed by atoms with E-state index in [2.05, 4.69) is 15.5 Å². The van der Waals surface area contributed by atoms with Crippen molar-refractivity contribution in [2.24, 2.45) is 0 Å². The summed E-state index contributed by atoms with van der Waals surface area (Å²) in [6, 6.07) is 2.71. The van der Waals surface area contributed by atoms with Crippen LogP contribution < -0.4 is 5.32 Å². The van der Waals surface area contributed by atoms with Gasteiger partial charge < -0.3 is 9.84 Å². The van der Waals surface area contributed by atoms with Crippen LogP contribution in [0.15, 0.2) is 22.7 Å². The van der Waals surface area contributed by atoms with Crippen LogP contribution in [0.25, 0.3) is 0 Å². The van der Waals surface area contributed by atoms with Crippen molar-refractivity contribution in [2.45, 2.75) is 31.5 Å². The van der Waals surface area contributed by atoms with Gasteiger partial charge >= 0.3 is 6.18 Å². The summed E-state index contributed by atoms with van der Waals surface area (Å²) in [7, 11) is 0. The van der Waals surface area contributed by atoms with Gasteiger partial charge in [-0.25, -0.2) is 4.39 Å². The standard InChI is InChI=1S/C13H11F4N3O/c14-10-4-3-8(5-9(10)13(15,16)17)18-6-11-19-12(20-21-11)7-1-2-7/h3-5,7,18H,1-2,6H2. The Morgan fingerprint density at radius 2 is 2.05 bits per heavy atom. The Morgan fingerprint density at radius 3 is 2.71 bits per heavy atom. The van der Waals surface area contributed by atoms with Gasteiger partial charge in [0.25, 0.3) is 0 Å². The number of halogens is 4. The molecule has 21 heavy (non-hydrogen) atoms. The molecule has 1 aliphatic rings. The average Bonchev–Trinajstić information content (AvgIpc) is 3.16. The maximum atomic E-state index is 13.1. The van der Waals surface area contributed by atoms with Gasteiger partial charge in [0.1, 0.15) is 5.82 Å². The molecule has 0 aliphatic heterocycles. The number of anilines is 1. The molecule has 0 spiro atoms. The fourth-order valence-electron chi connectivity index (χ4n) is 1.88. The molecule has 112 valence electrons. The molecular formula is C13H11F4N3O. The Kier molecular flexibility index (Phi) is 3.30. The quantitative estimate of drug-likeness (QED) is 0.875. The highest BCUT2D eigenvalue weighted by Gasteiger charge is 2.34. The zero-order valence-corrected chi connectivity index (χ0v) is 10.7. The number of benzene rings is 1. The van der Waals surface area contributed by atoms with Crippen LogP contribution in [0, 0.1) is 5.82 Å². The van der Waals surface area contributed by atoms with Crippen LogP contribution in [-0.4, -0.2) is 10.1 Å². The third-order valence-corrected chi connectivity index (χ3v) is 3.14. The molecule has 1 aromatic heterocycles. The predicted molar refractivity (Wildman–Crippen MR) is 65.0 cm³/mol. The van der Waals surface area contributed by atoms with Crippen molar-refractivity contribution in [3.8, 4) is 0 Å². The summed E-state index contributed by atoms with van der Waals surface area (Å²) in [5, 5.41) is 6.51. The second kappa shape index (κ2) is 5.01. The number of rotatable bonds is 4. The molecule has 0 atom stereocenters. The van der Waals surface area contributed by atoms with E-state index in [4.69, 9.17) is 4.52 Å². The smallest absolute Gasteiger partial charge is 0.376 e. The highest BCUT2D eigenvalue weighted by Crippen LogP contribution is 2.38. The first kappa shape index (κ1) is 13.8. The maximum absolute atomic E-state index is 13.1. The van der Waals surface area contributed by atoms with E-state index in [-0.39, 0.29) is 18.1 Å². The first-order valence-electron chi connectivity index (χ1n) is 6.36. The van der Waals surface area contributed by atoms with Gasteiger partial charge in [0.2, 0.25) is 5.89 Å². The van der Waals surface area contributed by atoms with Crippen molar-refractivity contribution in [3.05, 3.63) is 41.3 Å². The minimum absolute atomic E-state index is 0.0860. The minimum Gasteiger partial charge on any atom is -0.376 e. The lowest BCUT2D eigenvalue weighted by Crippen LogP contribution is -2.09. The van der Waals surface area contributed by atoms with E-state index in [1.165, 1.54) is 6.07 Å². The Balaban J connectivity index is 1.69. The third-order valence-electron chi connectivity index (χ3n) is 3.14. The molecule has 1 aliphatic carbocycles. The molecule has 1 aromatic carbocycles. The molecule has 1 N–H and O–H groups in total. The molecule has 0 saturated heterocycles. The van der Waals surface area contributed by atoms with Crippen molar-refractivity contribution >= 4 is 5.69 Å². The molecule has 0 bridgehead atoms. The van der Waals surface area contributed by atoms with Crippen LogP contribution in [0.5, 0.6) is 0 Å². The van der Waals surface area contributed by atoms with E-state index < -0.39 is 17.6 Å². The van der Waals surface area contributed by atoms with Crippen LogP contribution >= 0.6 is 0 Å². The number of nitrogens with zero attached hydrogens (tertiary/aromatic N) is 2. The van der Waals surface area contributed by atoms with Gasteiger partial charge in [0, 0.05) is 11.6 Å². The lowest BCUT2D eigenvalue weighted by Gasteiger charge is -2.10. The summed E-state index contributed by atoms with van der Waals surface area (Å²) in [4.78, 5) is 4.14. The van der Waals surface area contributed by atoms with Crippen LogP contribution in [0.3, 0.4) is 0 Å². The summed E-state index contributed by atoms with van der Waals surface area (Å²) in [6.45, 7) is 0.0860. The van der Waals surface area contributed by atoms with Gasteiger partial charge in [-0.1, -0.05) is 5.16 Å². The molecule has 1 saturated carbocycles. The van der Waals surface area contributed by atoms with E-state index in [1.807, 2.05) is 0 Å². The molecular weight excluding hydrogens is 290 g/mol. The van der Waals surface area contributed by atoms with Gasteiger partial charge in [-0.05, 0) is 31.0 Å². The first-order chi connectivity index (χ1) is 9.93. The van der Waals surface area contributed by atoms with Crippen LogP contribution in [0.2, 0.25) is 0 Å². The van der Waals surface area contributed by atoms with E-state index in [0.29, 0.717) is 17.8 Å². The van der Waals surface area contributed by atoms with Gasteiger partial charge in [0.15, 0.2) is 5.82 Å². The SMILES string of the molecule is Fc1ccc(NCc2nc(C3CC3)no2)cc1C(F)(F)F. The number of hydrogen-bond acceptors (Lipinski definition) is 4. The molecule has 0 radical (unpaired) electrons. The molecule has 1 heterocycles. The largest absolute Gasteiger partial charge is 0.419 e. The fourth-order valence-corrected chi connectivity index (χ4v) is 1.88. The molecule has 0 amide bonds. The highest BCUT2D eigenvalue weighted by atomic mass is 19.4. The van der Waals surface area contributed by atoms with Crippen LogP contribution in [-0.2, 0) is 12.7 Å². The lowest BCUT2D eigenvalue weighted by atomic mass is 10.2. The Morgan fingerprint density at radius 1 is 1.29 bits per heavy atom. The summed E-state index contributed by atoms with van der Waals surface area (Å²) in [6.07, 6.45) is -2.68. The van der Waals surface area contributed by atoms with Gasteiger partial charge in [0.05, 0.1) is 12.1 Å². The van der Waals surface area contributed by atoms with Gasteiger partial charge in [-0.15, -0.1) is 0 Å². The van der Waals surface area contributed by atoms with Crippen molar-refractivity contribution in [3.63, 3.8) is 0 Å². The zero-order valence-electron chi connectivity index (χ0n) is 10.7. The molecule has 2 aromatic rings. The molecule has 4 nitrogen and oxygen atoms in total. The third kappa shape index (κ3) is 3.14. The van der Waals surface area contributed by atoms with Gasteiger partial charge in [-0.3, -0.25) is 0 Å². The summed E-state index contributed by atoms with van der Waals surface area (Å²) in [5.74, 6) is -0.0521. The predicted octanol–water partition coefficient (Wildman–Crippen LogP) is 3.72. The number of hydrogen-bond donors (Lipinski definition) is 1. The number of nitrogens with one attached hydrogen (secondary N) is 1. The first-order valence-corrected chi connectivity index (χ1v) is 6.36. The number of aromatic nitrogens is 2. The Bertz CT molecular complexity index is 649. The zero-order chi connectivity index (χ0) is 15.0. The van der Waals surface area contributed by atoms with Crippen molar-refractivity contribution in [1.82, 2.24) is 10.1 Å². The lowest BCUT2D eigenvalue weighted by molar-refractivity contribution is -0.139.